The zero-order valence-corrected chi connectivity index (χ0v) is 20.9. The lowest BCUT2D eigenvalue weighted by Crippen LogP contribution is -2.50. The molecular formula is C25H30N4O5S. The molecule has 1 fully saturated rings. The van der Waals surface area contributed by atoms with Gasteiger partial charge in [-0.3, -0.25) is 19.3 Å². The van der Waals surface area contributed by atoms with Crippen LogP contribution >= 0.6 is 0 Å². The van der Waals surface area contributed by atoms with Gasteiger partial charge in [0.05, 0.1) is 16.0 Å². The molecule has 1 saturated heterocycles. The predicted molar refractivity (Wildman–Crippen MR) is 132 cm³/mol. The highest BCUT2D eigenvalue weighted by Crippen LogP contribution is 2.28. The molecule has 9 nitrogen and oxygen atoms in total. The number of likely N-dealkylation sites (N-methyl/N-ethyl adjacent to an activating group) is 1. The number of carbonyl (C=O) groups is 3. The van der Waals surface area contributed by atoms with E-state index in [4.69, 9.17) is 0 Å². The number of nitrogens with one attached hydrogen (secondary N) is 1. The summed E-state index contributed by atoms with van der Waals surface area (Å²) >= 11 is 0. The molecular weight excluding hydrogens is 468 g/mol. The van der Waals surface area contributed by atoms with Gasteiger partial charge in [0.15, 0.2) is 0 Å². The summed E-state index contributed by atoms with van der Waals surface area (Å²) in [5.74, 6) is -1.94. The molecule has 0 aromatic heterocycles. The van der Waals surface area contributed by atoms with Crippen molar-refractivity contribution in [3.63, 3.8) is 0 Å². The maximum Gasteiger partial charge on any atom is 0.262 e. The molecule has 4 rings (SSSR count). The summed E-state index contributed by atoms with van der Waals surface area (Å²) in [6.45, 7) is 8.58. The lowest BCUT2D eigenvalue weighted by atomic mass is 10.0. The van der Waals surface area contributed by atoms with E-state index in [1.165, 1.54) is 16.4 Å². The van der Waals surface area contributed by atoms with Crippen LogP contribution in [0.4, 0.5) is 5.69 Å². The van der Waals surface area contributed by atoms with Crippen LogP contribution in [0.25, 0.3) is 0 Å². The minimum Gasteiger partial charge on any atom is -0.324 e. The fourth-order valence-electron chi connectivity index (χ4n) is 4.56. The van der Waals surface area contributed by atoms with Gasteiger partial charge in [-0.2, -0.15) is 4.31 Å². The average molecular weight is 499 g/mol. The third-order valence-corrected chi connectivity index (χ3v) is 8.42. The molecule has 2 heterocycles. The number of piperazine rings is 1. The van der Waals surface area contributed by atoms with Crippen molar-refractivity contribution in [1.82, 2.24) is 14.1 Å². The Kier molecular flexibility index (Phi) is 7.07. The summed E-state index contributed by atoms with van der Waals surface area (Å²) in [6, 6.07) is 11.5. The first-order valence-corrected chi connectivity index (χ1v) is 13.2. The third kappa shape index (κ3) is 4.73. The van der Waals surface area contributed by atoms with E-state index in [9.17, 15) is 22.8 Å². The van der Waals surface area contributed by atoms with Crippen LogP contribution in [-0.2, 0) is 14.8 Å². The standard InChI is InChI=1S/C25H30N4O5S/c1-4-27-12-14-28(15-13-27)35(33,34)19-9-7-8-18(16-19)26-23(30)22(17(2)3)29-24(31)20-10-5-6-11-21(20)25(29)32/h5-11,16-17,22H,4,12-15H2,1-3H3,(H,26,30). The van der Waals surface area contributed by atoms with E-state index in [0.717, 1.165) is 11.4 Å². The summed E-state index contributed by atoms with van der Waals surface area (Å²) in [4.78, 5) is 42.5. The van der Waals surface area contributed by atoms with Crippen LogP contribution in [-0.4, -0.2) is 79.0 Å². The van der Waals surface area contributed by atoms with Crippen molar-refractivity contribution < 1.29 is 22.8 Å². The van der Waals surface area contributed by atoms with Crippen LogP contribution in [0.15, 0.2) is 53.4 Å². The van der Waals surface area contributed by atoms with E-state index in [1.807, 2.05) is 6.92 Å². The monoisotopic (exact) mass is 498 g/mol. The molecule has 2 aliphatic rings. The highest BCUT2D eigenvalue weighted by molar-refractivity contribution is 7.89. The molecule has 35 heavy (non-hydrogen) atoms. The number of nitrogens with zero attached hydrogens (tertiary/aromatic N) is 3. The maximum absolute atomic E-state index is 13.3. The van der Waals surface area contributed by atoms with E-state index in [2.05, 4.69) is 10.2 Å². The first kappa shape index (κ1) is 25.0. The number of hydrogen-bond acceptors (Lipinski definition) is 6. The van der Waals surface area contributed by atoms with Crippen molar-refractivity contribution in [2.45, 2.75) is 31.7 Å². The molecule has 2 aromatic rings. The van der Waals surface area contributed by atoms with Gasteiger partial charge in [-0.05, 0) is 42.8 Å². The van der Waals surface area contributed by atoms with Gasteiger partial charge in [0.1, 0.15) is 6.04 Å². The van der Waals surface area contributed by atoms with Gasteiger partial charge in [-0.15, -0.1) is 0 Å². The van der Waals surface area contributed by atoms with Crippen molar-refractivity contribution in [1.29, 1.82) is 0 Å². The lowest BCUT2D eigenvalue weighted by Gasteiger charge is -2.33. The zero-order chi connectivity index (χ0) is 25.3. The van der Waals surface area contributed by atoms with E-state index < -0.39 is 33.8 Å². The second kappa shape index (κ2) is 9.88. The van der Waals surface area contributed by atoms with Gasteiger partial charge in [0.2, 0.25) is 15.9 Å². The van der Waals surface area contributed by atoms with E-state index >= 15 is 0 Å². The minimum absolute atomic E-state index is 0.0853. The molecule has 0 radical (unpaired) electrons. The van der Waals surface area contributed by atoms with Gasteiger partial charge in [0.25, 0.3) is 11.8 Å². The Morgan fingerprint density at radius 3 is 2.09 bits per heavy atom. The number of carbonyl (C=O) groups excluding carboxylic acids is 3. The Morgan fingerprint density at radius 1 is 0.943 bits per heavy atom. The predicted octanol–water partition coefficient (Wildman–Crippen LogP) is 2.27. The van der Waals surface area contributed by atoms with Crippen molar-refractivity contribution in [3.05, 3.63) is 59.7 Å². The fourth-order valence-corrected chi connectivity index (χ4v) is 6.03. The van der Waals surface area contributed by atoms with Crippen LogP contribution in [0.1, 0.15) is 41.5 Å². The van der Waals surface area contributed by atoms with Crippen molar-refractivity contribution in [2.24, 2.45) is 5.92 Å². The molecule has 0 bridgehead atoms. The molecule has 2 aliphatic heterocycles. The van der Waals surface area contributed by atoms with Gasteiger partial charge < -0.3 is 10.2 Å². The largest absolute Gasteiger partial charge is 0.324 e. The number of hydrogen-bond donors (Lipinski definition) is 1. The van der Waals surface area contributed by atoms with Gasteiger partial charge in [-0.25, -0.2) is 8.42 Å². The third-order valence-electron chi connectivity index (χ3n) is 6.52. The second-order valence-corrected chi connectivity index (χ2v) is 11.0. The van der Waals surface area contributed by atoms with Crippen molar-refractivity contribution in [2.75, 3.05) is 38.0 Å². The highest BCUT2D eigenvalue weighted by atomic mass is 32.2. The van der Waals surface area contributed by atoms with E-state index in [0.29, 0.717) is 26.2 Å². The number of sulfonamides is 1. The number of amides is 3. The Morgan fingerprint density at radius 2 is 1.54 bits per heavy atom. The Bertz CT molecular complexity index is 1220. The molecule has 0 saturated carbocycles. The normalized spacial score (nSPS) is 18.1. The van der Waals surface area contributed by atoms with Crippen LogP contribution in [0, 0.1) is 5.92 Å². The van der Waals surface area contributed by atoms with Gasteiger partial charge in [-0.1, -0.05) is 39.0 Å². The summed E-state index contributed by atoms with van der Waals surface area (Å²) < 4.78 is 27.8. The Labute approximate surface area is 205 Å². The van der Waals surface area contributed by atoms with Crippen LogP contribution in [0.5, 0.6) is 0 Å². The van der Waals surface area contributed by atoms with Crippen LogP contribution in [0.3, 0.4) is 0 Å². The van der Waals surface area contributed by atoms with Gasteiger partial charge >= 0.3 is 0 Å². The van der Waals surface area contributed by atoms with Crippen molar-refractivity contribution in [3.8, 4) is 0 Å². The smallest absolute Gasteiger partial charge is 0.262 e. The highest BCUT2D eigenvalue weighted by Gasteiger charge is 2.44. The average Bonchev–Trinajstić information content (AvgIpc) is 3.09. The Balaban J connectivity index is 1.54. The molecule has 0 aliphatic carbocycles. The first-order chi connectivity index (χ1) is 16.6. The number of rotatable bonds is 7. The maximum atomic E-state index is 13.3. The molecule has 186 valence electrons. The summed E-state index contributed by atoms with van der Waals surface area (Å²) in [5.41, 5.74) is 0.824. The minimum atomic E-state index is -3.72. The number of anilines is 1. The summed E-state index contributed by atoms with van der Waals surface area (Å²) in [5, 5.41) is 2.72. The zero-order valence-electron chi connectivity index (χ0n) is 20.1. The second-order valence-electron chi connectivity index (χ2n) is 9.07. The van der Waals surface area contributed by atoms with E-state index in [1.54, 1.807) is 50.2 Å². The van der Waals surface area contributed by atoms with Crippen LogP contribution in [0.2, 0.25) is 0 Å². The molecule has 2 aromatic carbocycles. The molecule has 3 amide bonds. The molecule has 1 unspecified atom stereocenters. The fraction of sp³-hybridized carbons (Fsp3) is 0.400. The molecule has 1 N–H and O–H groups in total. The number of benzene rings is 2. The number of fused-ring (bicyclic) bond motifs is 1. The van der Waals surface area contributed by atoms with Crippen molar-refractivity contribution >= 4 is 33.4 Å². The molecule has 1 atom stereocenters. The first-order valence-electron chi connectivity index (χ1n) is 11.8. The van der Waals surface area contributed by atoms with Crippen LogP contribution < -0.4 is 5.32 Å². The summed E-state index contributed by atoms with van der Waals surface area (Å²) in [6.07, 6.45) is 0. The van der Waals surface area contributed by atoms with Gasteiger partial charge in [0, 0.05) is 31.9 Å². The summed E-state index contributed by atoms with van der Waals surface area (Å²) in [7, 11) is -3.72. The molecule has 0 spiro atoms. The molecule has 10 heteroatoms. The number of imide groups is 1. The SMILES string of the molecule is CCN1CCN(S(=O)(=O)c2cccc(NC(=O)C(C(C)C)N3C(=O)c4ccccc4C3=O)c2)CC1. The van der Waals surface area contributed by atoms with E-state index in [-0.39, 0.29) is 27.6 Å². The lowest BCUT2D eigenvalue weighted by molar-refractivity contribution is -0.121. The quantitative estimate of drug-likeness (QED) is 0.587. The topological polar surface area (TPSA) is 107 Å². The Hall–Kier alpha value is -3.08.